The highest BCUT2D eigenvalue weighted by Crippen LogP contribution is 2.32. The molecule has 3 heteroatoms. The molecular weight excluding hydrogens is 262 g/mol. The normalized spacial score (nSPS) is 11.2. The van der Waals surface area contributed by atoms with Gasteiger partial charge in [0.15, 0.2) is 0 Å². The third-order valence-electron chi connectivity index (χ3n) is 3.41. The molecule has 2 aromatic rings. The minimum Gasteiger partial charge on any atom is -0.478 e. The number of hydrogen-bond donors (Lipinski definition) is 2. The van der Waals surface area contributed by atoms with Crippen molar-refractivity contribution in [2.45, 2.75) is 33.1 Å². The molecule has 2 N–H and O–H groups in total. The maximum Gasteiger partial charge on any atom is 0.337 e. The topological polar surface area (TPSA) is 49.3 Å². The maximum atomic E-state index is 11.4. The Hall–Kier alpha value is -2.29. The van der Waals surface area contributed by atoms with Crippen LogP contribution in [0.2, 0.25) is 0 Å². The molecule has 0 fully saturated rings. The van der Waals surface area contributed by atoms with Crippen LogP contribution in [-0.4, -0.2) is 11.1 Å². The zero-order valence-electron chi connectivity index (χ0n) is 12.9. The fourth-order valence-corrected chi connectivity index (χ4v) is 2.34. The summed E-state index contributed by atoms with van der Waals surface area (Å²) < 4.78 is 0. The summed E-state index contributed by atoms with van der Waals surface area (Å²) in [5.74, 6) is -0.925. The Morgan fingerprint density at radius 1 is 1.05 bits per heavy atom. The molecule has 0 atom stereocenters. The van der Waals surface area contributed by atoms with E-state index in [0.29, 0.717) is 5.69 Å². The Kier molecular flexibility index (Phi) is 4.03. The minimum absolute atomic E-state index is 0.0171. The Bertz CT molecular complexity index is 669. The lowest BCUT2D eigenvalue weighted by molar-refractivity contribution is 0.0698. The second-order valence-electron chi connectivity index (χ2n) is 6.27. The number of hydrogen-bond acceptors (Lipinski definition) is 2. The second-order valence-corrected chi connectivity index (χ2v) is 6.27. The van der Waals surface area contributed by atoms with Crippen LogP contribution in [0.15, 0.2) is 42.5 Å². The van der Waals surface area contributed by atoms with Crippen LogP contribution in [0.4, 0.5) is 11.4 Å². The van der Waals surface area contributed by atoms with E-state index in [0.717, 1.165) is 16.8 Å². The number of carboxylic acid groups (broad SMARTS) is 1. The molecule has 0 saturated heterocycles. The molecule has 0 aliphatic rings. The standard InChI is InChI=1S/C18H21NO2/c1-12-9-10-13(17(20)21)16(11-12)19-15-8-6-5-7-14(15)18(2,3)4/h5-11,19H,1-4H3,(H,20,21). The third-order valence-corrected chi connectivity index (χ3v) is 3.41. The molecule has 3 nitrogen and oxygen atoms in total. The minimum atomic E-state index is -0.925. The first kappa shape index (κ1) is 15.1. The molecule has 0 aromatic heterocycles. The smallest absolute Gasteiger partial charge is 0.337 e. The van der Waals surface area contributed by atoms with Gasteiger partial charge < -0.3 is 10.4 Å². The highest BCUT2D eigenvalue weighted by atomic mass is 16.4. The molecule has 0 aliphatic carbocycles. The van der Waals surface area contributed by atoms with Crippen molar-refractivity contribution in [1.29, 1.82) is 0 Å². The molecule has 0 heterocycles. The van der Waals surface area contributed by atoms with Gasteiger partial charge in [-0.1, -0.05) is 45.0 Å². The molecule has 2 aromatic carbocycles. The summed E-state index contributed by atoms with van der Waals surface area (Å²) in [5, 5.41) is 12.6. The Morgan fingerprint density at radius 2 is 1.71 bits per heavy atom. The molecule has 0 unspecified atom stereocenters. The molecule has 0 amide bonds. The van der Waals surface area contributed by atoms with Crippen molar-refractivity contribution in [1.82, 2.24) is 0 Å². The molecule has 21 heavy (non-hydrogen) atoms. The molecule has 0 bridgehead atoms. The van der Waals surface area contributed by atoms with Crippen LogP contribution in [0.25, 0.3) is 0 Å². The predicted molar refractivity (Wildman–Crippen MR) is 86.6 cm³/mol. The van der Waals surface area contributed by atoms with Gasteiger partial charge in [0.2, 0.25) is 0 Å². The summed E-state index contributed by atoms with van der Waals surface area (Å²) in [4.78, 5) is 11.4. The average molecular weight is 283 g/mol. The van der Waals surface area contributed by atoms with Gasteiger partial charge in [0.1, 0.15) is 0 Å². The second kappa shape index (κ2) is 5.60. The lowest BCUT2D eigenvalue weighted by Crippen LogP contribution is -2.14. The van der Waals surface area contributed by atoms with Gasteiger partial charge in [0.25, 0.3) is 0 Å². The van der Waals surface area contributed by atoms with Crippen LogP contribution in [0.3, 0.4) is 0 Å². The molecule has 0 aliphatic heterocycles. The summed E-state index contributed by atoms with van der Waals surface area (Å²) in [7, 11) is 0. The van der Waals surface area contributed by atoms with Crippen molar-refractivity contribution in [3.63, 3.8) is 0 Å². The van der Waals surface area contributed by atoms with Crippen molar-refractivity contribution in [2.75, 3.05) is 5.32 Å². The number of benzene rings is 2. The fourth-order valence-electron chi connectivity index (χ4n) is 2.34. The van der Waals surface area contributed by atoms with Gasteiger partial charge in [-0.15, -0.1) is 0 Å². The van der Waals surface area contributed by atoms with Crippen molar-refractivity contribution in [3.05, 3.63) is 59.2 Å². The summed E-state index contributed by atoms with van der Waals surface area (Å²) in [6.45, 7) is 8.37. The Morgan fingerprint density at radius 3 is 2.33 bits per heavy atom. The summed E-state index contributed by atoms with van der Waals surface area (Å²) in [6.07, 6.45) is 0. The molecular formula is C18H21NO2. The predicted octanol–water partition coefficient (Wildman–Crippen LogP) is 4.73. The largest absolute Gasteiger partial charge is 0.478 e. The summed E-state index contributed by atoms with van der Waals surface area (Å²) in [5.41, 5.74) is 4.01. The SMILES string of the molecule is Cc1ccc(C(=O)O)c(Nc2ccccc2C(C)(C)C)c1. The number of nitrogens with one attached hydrogen (secondary N) is 1. The van der Waals surface area contributed by atoms with Gasteiger partial charge in [-0.25, -0.2) is 4.79 Å². The quantitative estimate of drug-likeness (QED) is 0.855. The van der Waals surface area contributed by atoms with Crippen LogP contribution >= 0.6 is 0 Å². The highest BCUT2D eigenvalue weighted by molar-refractivity contribution is 5.95. The van der Waals surface area contributed by atoms with Gasteiger partial charge in [-0.3, -0.25) is 0 Å². The van der Waals surface area contributed by atoms with E-state index in [4.69, 9.17) is 0 Å². The maximum absolute atomic E-state index is 11.4. The van der Waals surface area contributed by atoms with Gasteiger partial charge >= 0.3 is 5.97 Å². The van der Waals surface area contributed by atoms with Crippen LogP contribution in [-0.2, 0) is 5.41 Å². The number of carbonyl (C=O) groups is 1. The highest BCUT2D eigenvalue weighted by Gasteiger charge is 2.18. The van der Waals surface area contributed by atoms with Crippen LogP contribution < -0.4 is 5.32 Å². The average Bonchev–Trinajstić information content (AvgIpc) is 2.37. The van der Waals surface area contributed by atoms with E-state index in [1.54, 1.807) is 6.07 Å². The fraction of sp³-hybridized carbons (Fsp3) is 0.278. The first-order valence-electron chi connectivity index (χ1n) is 6.99. The van der Waals surface area contributed by atoms with Gasteiger partial charge in [0, 0.05) is 5.69 Å². The molecule has 0 radical (unpaired) electrons. The van der Waals surface area contributed by atoms with E-state index in [2.05, 4.69) is 32.2 Å². The number of anilines is 2. The molecule has 110 valence electrons. The van der Waals surface area contributed by atoms with E-state index < -0.39 is 5.97 Å². The Labute approximate surface area is 125 Å². The number of aromatic carboxylic acids is 1. The summed E-state index contributed by atoms with van der Waals surface area (Å²) in [6, 6.07) is 13.3. The van der Waals surface area contributed by atoms with E-state index in [1.165, 1.54) is 0 Å². The van der Waals surface area contributed by atoms with Crippen molar-refractivity contribution in [3.8, 4) is 0 Å². The number of carboxylic acids is 1. The van der Waals surface area contributed by atoms with Crippen LogP contribution in [0.5, 0.6) is 0 Å². The van der Waals surface area contributed by atoms with Crippen molar-refractivity contribution < 1.29 is 9.90 Å². The molecule has 0 spiro atoms. The van der Waals surface area contributed by atoms with E-state index in [1.807, 2.05) is 37.3 Å². The first-order chi connectivity index (χ1) is 9.79. The Balaban J connectivity index is 2.49. The van der Waals surface area contributed by atoms with Gasteiger partial charge in [-0.2, -0.15) is 0 Å². The van der Waals surface area contributed by atoms with Crippen molar-refractivity contribution in [2.24, 2.45) is 0 Å². The monoisotopic (exact) mass is 283 g/mol. The number of para-hydroxylation sites is 1. The van der Waals surface area contributed by atoms with Gasteiger partial charge in [0.05, 0.1) is 11.3 Å². The van der Waals surface area contributed by atoms with E-state index >= 15 is 0 Å². The third kappa shape index (κ3) is 3.43. The zero-order chi connectivity index (χ0) is 15.6. The molecule has 2 rings (SSSR count). The first-order valence-corrected chi connectivity index (χ1v) is 6.99. The zero-order valence-corrected chi connectivity index (χ0v) is 12.9. The number of aryl methyl sites for hydroxylation is 1. The summed E-state index contributed by atoms with van der Waals surface area (Å²) >= 11 is 0. The lowest BCUT2D eigenvalue weighted by atomic mass is 9.85. The van der Waals surface area contributed by atoms with Crippen LogP contribution in [0, 0.1) is 6.92 Å². The lowest BCUT2D eigenvalue weighted by Gasteiger charge is -2.24. The van der Waals surface area contributed by atoms with Crippen LogP contribution in [0.1, 0.15) is 42.3 Å². The molecule has 0 saturated carbocycles. The number of rotatable bonds is 3. The van der Waals surface area contributed by atoms with Crippen molar-refractivity contribution >= 4 is 17.3 Å². The van der Waals surface area contributed by atoms with E-state index in [9.17, 15) is 9.90 Å². The van der Waals surface area contributed by atoms with Gasteiger partial charge in [-0.05, 0) is 41.7 Å². The van der Waals surface area contributed by atoms with E-state index in [-0.39, 0.29) is 11.0 Å².